The minimum absolute atomic E-state index is 0.0861. The Morgan fingerprint density at radius 3 is 2.73 bits per heavy atom. The van der Waals surface area contributed by atoms with E-state index in [1.807, 2.05) is 0 Å². The maximum atomic E-state index is 12.9. The van der Waals surface area contributed by atoms with Crippen LogP contribution in [0.5, 0.6) is 0 Å². The SMILES string of the molecule is NCCC(=O)c1ccc(F)c([N+](=O)[O-])c1. The van der Waals surface area contributed by atoms with Crippen LogP contribution in [-0.2, 0) is 0 Å². The maximum absolute atomic E-state index is 12.9. The van der Waals surface area contributed by atoms with Crippen molar-refractivity contribution >= 4 is 11.5 Å². The van der Waals surface area contributed by atoms with E-state index in [4.69, 9.17) is 5.73 Å². The molecule has 0 atom stereocenters. The van der Waals surface area contributed by atoms with E-state index >= 15 is 0 Å². The first kappa shape index (κ1) is 11.3. The number of rotatable bonds is 4. The van der Waals surface area contributed by atoms with Crippen LogP contribution in [0, 0.1) is 15.9 Å². The fraction of sp³-hybridized carbons (Fsp3) is 0.222. The summed E-state index contributed by atoms with van der Waals surface area (Å²) in [5.41, 5.74) is 4.57. The van der Waals surface area contributed by atoms with Crippen LogP contribution < -0.4 is 5.73 Å². The first-order valence-corrected chi connectivity index (χ1v) is 4.23. The molecular formula is C9H9FN2O3. The molecule has 80 valence electrons. The van der Waals surface area contributed by atoms with Crippen molar-refractivity contribution < 1.29 is 14.1 Å². The van der Waals surface area contributed by atoms with Gasteiger partial charge in [0.2, 0.25) is 5.82 Å². The van der Waals surface area contributed by atoms with Crippen molar-refractivity contribution in [1.82, 2.24) is 0 Å². The summed E-state index contributed by atoms with van der Waals surface area (Å²) in [4.78, 5) is 20.8. The van der Waals surface area contributed by atoms with Crippen molar-refractivity contribution in [3.8, 4) is 0 Å². The van der Waals surface area contributed by atoms with Crippen LogP contribution in [0.15, 0.2) is 18.2 Å². The van der Waals surface area contributed by atoms with E-state index in [0.717, 1.165) is 12.1 Å². The van der Waals surface area contributed by atoms with Gasteiger partial charge < -0.3 is 5.73 Å². The summed E-state index contributed by atoms with van der Waals surface area (Å²) < 4.78 is 12.9. The lowest BCUT2D eigenvalue weighted by Gasteiger charge is -1.99. The van der Waals surface area contributed by atoms with Crippen molar-refractivity contribution in [3.05, 3.63) is 39.7 Å². The van der Waals surface area contributed by atoms with Crippen molar-refractivity contribution in [2.75, 3.05) is 6.54 Å². The second-order valence-electron chi connectivity index (χ2n) is 2.89. The molecular weight excluding hydrogens is 203 g/mol. The van der Waals surface area contributed by atoms with Crippen molar-refractivity contribution in [3.63, 3.8) is 0 Å². The molecule has 1 aromatic carbocycles. The van der Waals surface area contributed by atoms with Gasteiger partial charge in [0, 0.05) is 18.1 Å². The highest BCUT2D eigenvalue weighted by Gasteiger charge is 2.16. The number of nitrogens with zero attached hydrogens (tertiary/aromatic N) is 1. The van der Waals surface area contributed by atoms with E-state index < -0.39 is 16.4 Å². The van der Waals surface area contributed by atoms with Gasteiger partial charge in [-0.05, 0) is 18.7 Å². The van der Waals surface area contributed by atoms with Gasteiger partial charge in [-0.3, -0.25) is 14.9 Å². The van der Waals surface area contributed by atoms with Crippen molar-refractivity contribution in [2.24, 2.45) is 5.73 Å². The third kappa shape index (κ3) is 2.57. The summed E-state index contributed by atoms with van der Waals surface area (Å²) in [5, 5.41) is 10.4. The second-order valence-corrected chi connectivity index (χ2v) is 2.89. The fourth-order valence-corrected chi connectivity index (χ4v) is 1.10. The van der Waals surface area contributed by atoms with Crippen LogP contribution in [0.25, 0.3) is 0 Å². The molecule has 0 aromatic heterocycles. The highest BCUT2D eigenvalue weighted by molar-refractivity contribution is 5.96. The summed E-state index contributed by atoms with van der Waals surface area (Å²) in [6.45, 7) is 0.157. The highest BCUT2D eigenvalue weighted by atomic mass is 19.1. The number of benzene rings is 1. The zero-order chi connectivity index (χ0) is 11.4. The van der Waals surface area contributed by atoms with Crippen molar-refractivity contribution in [2.45, 2.75) is 6.42 Å². The molecule has 0 fully saturated rings. The van der Waals surface area contributed by atoms with Gasteiger partial charge in [-0.15, -0.1) is 0 Å². The Labute approximate surface area is 84.8 Å². The average molecular weight is 212 g/mol. The van der Waals surface area contributed by atoms with Crippen LogP contribution in [0.3, 0.4) is 0 Å². The van der Waals surface area contributed by atoms with E-state index in [1.165, 1.54) is 6.07 Å². The number of Topliss-reactive ketones (excluding diaryl/α,β-unsaturated/α-hetero) is 1. The van der Waals surface area contributed by atoms with Crippen LogP contribution in [0.2, 0.25) is 0 Å². The van der Waals surface area contributed by atoms with Gasteiger partial charge in [-0.25, -0.2) is 0 Å². The number of carbonyl (C=O) groups is 1. The first-order valence-electron chi connectivity index (χ1n) is 4.23. The molecule has 0 spiro atoms. The predicted octanol–water partition coefficient (Wildman–Crippen LogP) is 1.27. The van der Waals surface area contributed by atoms with Gasteiger partial charge >= 0.3 is 5.69 Å². The molecule has 1 rings (SSSR count). The molecule has 0 aliphatic rings. The topological polar surface area (TPSA) is 86.2 Å². The van der Waals surface area contributed by atoms with E-state index in [0.29, 0.717) is 0 Å². The van der Waals surface area contributed by atoms with E-state index in [2.05, 4.69) is 0 Å². The Bertz CT molecular complexity index is 406. The number of ketones is 1. The van der Waals surface area contributed by atoms with E-state index in [9.17, 15) is 19.3 Å². The molecule has 0 amide bonds. The number of nitrogens with two attached hydrogens (primary N) is 1. The maximum Gasteiger partial charge on any atom is 0.305 e. The Morgan fingerprint density at radius 1 is 1.53 bits per heavy atom. The van der Waals surface area contributed by atoms with Gasteiger partial charge in [-0.1, -0.05) is 0 Å². The van der Waals surface area contributed by atoms with Gasteiger partial charge in [0.15, 0.2) is 5.78 Å². The molecule has 0 bridgehead atoms. The monoisotopic (exact) mass is 212 g/mol. The summed E-state index contributed by atoms with van der Waals surface area (Å²) in [5.74, 6) is -1.29. The third-order valence-electron chi connectivity index (χ3n) is 1.84. The standard InChI is InChI=1S/C9H9FN2O3/c10-7-2-1-6(9(13)3-4-11)5-8(7)12(14)15/h1-2,5H,3-4,11H2. The molecule has 0 saturated heterocycles. The second kappa shape index (κ2) is 4.61. The smallest absolute Gasteiger partial charge is 0.305 e. The molecule has 5 nitrogen and oxygen atoms in total. The fourth-order valence-electron chi connectivity index (χ4n) is 1.10. The molecule has 0 saturated carbocycles. The number of halogens is 1. The van der Waals surface area contributed by atoms with Gasteiger partial charge in [0.25, 0.3) is 0 Å². The molecule has 1 aromatic rings. The molecule has 0 aliphatic heterocycles. The number of nitro groups is 1. The van der Waals surface area contributed by atoms with Gasteiger partial charge in [0.05, 0.1) is 4.92 Å². The zero-order valence-corrected chi connectivity index (χ0v) is 7.77. The van der Waals surface area contributed by atoms with Crippen LogP contribution in [0.1, 0.15) is 16.8 Å². The number of nitro benzene ring substituents is 1. The predicted molar refractivity (Wildman–Crippen MR) is 51.1 cm³/mol. The molecule has 0 unspecified atom stereocenters. The summed E-state index contributed by atoms with van der Waals surface area (Å²) >= 11 is 0. The Balaban J connectivity index is 3.07. The zero-order valence-electron chi connectivity index (χ0n) is 7.77. The molecule has 0 heterocycles. The molecule has 2 N–H and O–H groups in total. The largest absolute Gasteiger partial charge is 0.330 e. The average Bonchev–Trinajstić information content (AvgIpc) is 2.18. The van der Waals surface area contributed by atoms with Gasteiger partial charge in [0.1, 0.15) is 0 Å². The Morgan fingerprint density at radius 2 is 2.20 bits per heavy atom. The third-order valence-corrected chi connectivity index (χ3v) is 1.84. The molecule has 6 heteroatoms. The van der Waals surface area contributed by atoms with Crippen molar-refractivity contribution in [1.29, 1.82) is 0 Å². The summed E-state index contributed by atoms with van der Waals surface area (Å²) in [6, 6.07) is 3.04. The Kier molecular flexibility index (Phi) is 3.46. The lowest BCUT2D eigenvalue weighted by Crippen LogP contribution is -2.08. The molecule has 15 heavy (non-hydrogen) atoms. The number of hydrogen-bond acceptors (Lipinski definition) is 4. The minimum Gasteiger partial charge on any atom is -0.330 e. The first-order chi connectivity index (χ1) is 7.06. The van der Waals surface area contributed by atoms with E-state index in [-0.39, 0.29) is 24.3 Å². The normalized spacial score (nSPS) is 10.0. The number of hydrogen-bond donors (Lipinski definition) is 1. The number of carbonyl (C=O) groups excluding carboxylic acids is 1. The quantitative estimate of drug-likeness (QED) is 0.462. The molecule has 0 radical (unpaired) electrons. The summed E-state index contributed by atoms with van der Waals surface area (Å²) in [6.07, 6.45) is 0.0861. The Hall–Kier alpha value is -1.82. The summed E-state index contributed by atoms with van der Waals surface area (Å²) in [7, 11) is 0. The lowest BCUT2D eigenvalue weighted by atomic mass is 10.1. The molecule has 0 aliphatic carbocycles. The van der Waals surface area contributed by atoms with E-state index in [1.54, 1.807) is 0 Å². The van der Waals surface area contributed by atoms with Crippen LogP contribution in [-0.4, -0.2) is 17.3 Å². The van der Waals surface area contributed by atoms with Gasteiger partial charge in [-0.2, -0.15) is 4.39 Å². The van der Waals surface area contributed by atoms with Crippen LogP contribution in [0.4, 0.5) is 10.1 Å². The minimum atomic E-state index is -0.954. The van der Waals surface area contributed by atoms with Crippen LogP contribution >= 0.6 is 0 Å². The lowest BCUT2D eigenvalue weighted by molar-refractivity contribution is -0.387. The highest BCUT2D eigenvalue weighted by Crippen LogP contribution is 2.19.